The van der Waals surface area contributed by atoms with E-state index >= 15 is 0 Å². The van der Waals surface area contributed by atoms with E-state index in [9.17, 15) is 0 Å². The van der Waals surface area contributed by atoms with Gasteiger partial charge in [0, 0.05) is 17.5 Å². The van der Waals surface area contributed by atoms with Gasteiger partial charge in [-0.1, -0.05) is 36.4 Å². The highest BCUT2D eigenvalue weighted by molar-refractivity contribution is 7.10. The van der Waals surface area contributed by atoms with Gasteiger partial charge in [0.15, 0.2) is 11.5 Å². The standard InChI is InChI=1S/C21H24N2O2S/c1-4-25-20-12-16(10-11-19(20)24-3)13-22-15(2)21-23-18(14-26-21)17-8-6-5-7-9-17/h5-12,14-15,22H,4,13H2,1-3H3. The minimum absolute atomic E-state index is 0.176. The molecule has 0 aliphatic heterocycles. The van der Waals surface area contributed by atoms with Crippen molar-refractivity contribution in [2.75, 3.05) is 13.7 Å². The molecule has 0 saturated heterocycles. The van der Waals surface area contributed by atoms with Crippen LogP contribution in [-0.2, 0) is 6.54 Å². The number of methoxy groups -OCH3 is 1. The SMILES string of the molecule is CCOc1cc(CNC(C)c2nc(-c3ccccc3)cs2)ccc1OC. The molecule has 26 heavy (non-hydrogen) atoms. The zero-order chi connectivity index (χ0) is 18.4. The summed E-state index contributed by atoms with van der Waals surface area (Å²) < 4.78 is 11.0. The Morgan fingerprint density at radius 2 is 1.92 bits per heavy atom. The Labute approximate surface area is 158 Å². The molecule has 1 unspecified atom stereocenters. The lowest BCUT2D eigenvalue weighted by Crippen LogP contribution is -2.18. The number of aromatic nitrogens is 1. The van der Waals surface area contributed by atoms with Crippen molar-refractivity contribution in [1.82, 2.24) is 10.3 Å². The third-order valence-electron chi connectivity index (χ3n) is 4.10. The van der Waals surface area contributed by atoms with Crippen LogP contribution in [0.5, 0.6) is 11.5 Å². The number of rotatable bonds is 8. The van der Waals surface area contributed by atoms with Crippen LogP contribution in [0.3, 0.4) is 0 Å². The molecule has 3 rings (SSSR count). The van der Waals surface area contributed by atoms with Gasteiger partial charge in [-0.05, 0) is 31.5 Å². The number of nitrogens with zero attached hydrogens (tertiary/aromatic N) is 1. The predicted molar refractivity (Wildman–Crippen MR) is 107 cm³/mol. The summed E-state index contributed by atoms with van der Waals surface area (Å²) in [7, 11) is 1.66. The number of ether oxygens (including phenoxy) is 2. The van der Waals surface area contributed by atoms with E-state index in [4.69, 9.17) is 14.5 Å². The van der Waals surface area contributed by atoms with Crippen LogP contribution in [0, 0.1) is 0 Å². The average Bonchev–Trinajstić information content (AvgIpc) is 3.17. The van der Waals surface area contributed by atoms with Gasteiger partial charge in [0.25, 0.3) is 0 Å². The van der Waals surface area contributed by atoms with Crippen LogP contribution in [0.4, 0.5) is 0 Å². The van der Waals surface area contributed by atoms with Crippen LogP contribution in [0.1, 0.15) is 30.5 Å². The van der Waals surface area contributed by atoms with Gasteiger partial charge >= 0.3 is 0 Å². The largest absolute Gasteiger partial charge is 0.493 e. The lowest BCUT2D eigenvalue weighted by Gasteiger charge is -2.14. The molecule has 3 aromatic rings. The summed E-state index contributed by atoms with van der Waals surface area (Å²) in [5.74, 6) is 1.54. The Morgan fingerprint density at radius 1 is 1.12 bits per heavy atom. The first kappa shape index (κ1) is 18.4. The highest BCUT2D eigenvalue weighted by Gasteiger charge is 2.12. The van der Waals surface area contributed by atoms with Crippen LogP contribution >= 0.6 is 11.3 Å². The van der Waals surface area contributed by atoms with Crippen LogP contribution in [-0.4, -0.2) is 18.7 Å². The zero-order valence-corrected chi connectivity index (χ0v) is 16.2. The van der Waals surface area contributed by atoms with E-state index < -0.39 is 0 Å². The van der Waals surface area contributed by atoms with Gasteiger partial charge in [-0.3, -0.25) is 0 Å². The molecule has 0 fully saturated rings. The van der Waals surface area contributed by atoms with Crippen molar-refractivity contribution in [3.05, 3.63) is 64.5 Å². The number of thiazole rings is 1. The monoisotopic (exact) mass is 368 g/mol. The normalized spacial score (nSPS) is 12.0. The molecule has 0 radical (unpaired) electrons. The van der Waals surface area contributed by atoms with E-state index in [0.29, 0.717) is 6.61 Å². The topological polar surface area (TPSA) is 43.4 Å². The maximum Gasteiger partial charge on any atom is 0.161 e. The molecule has 0 amide bonds. The second-order valence-corrected chi connectivity index (χ2v) is 6.85. The highest BCUT2D eigenvalue weighted by Crippen LogP contribution is 2.29. The molecule has 0 aliphatic rings. The summed E-state index contributed by atoms with van der Waals surface area (Å²) >= 11 is 1.69. The molecular weight excluding hydrogens is 344 g/mol. The van der Waals surface area contributed by atoms with Crippen LogP contribution < -0.4 is 14.8 Å². The summed E-state index contributed by atoms with van der Waals surface area (Å²) in [6.07, 6.45) is 0. The fourth-order valence-corrected chi connectivity index (χ4v) is 3.55. The summed E-state index contributed by atoms with van der Waals surface area (Å²) in [5.41, 5.74) is 3.34. The van der Waals surface area contributed by atoms with Crippen LogP contribution in [0.15, 0.2) is 53.9 Å². The quantitative estimate of drug-likeness (QED) is 0.603. The van der Waals surface area contributed by atoms with Gasteiger partial charge < -0.3 is 14.8 Å². The molecule has 5 heteroatoms. The highest BCUT2D eigenvalue weighted by atomic mass is 32.1. The molecule has 0 aliphatic carbocycles. The second-order valence-electron chi connectivity index (χ2n) is 5.96. The van der Waals surface area contributed by atoms with E-state index in [2.05, 4.69) is 35.8 Å². The lowest BCUT2D eigenvalue weighted by atomic mass is 10.2. The Hall–Kier alpha value is -2.37. The van der Waals surface area contributed by atoms with Gasteiger partial charge in [-0.2, -0.15) is 0 Å². The molecule has 136 valence electrons. The van der Waals surface area contributed by atoms with E-state index in [1.807, 2.05) is 37.3 Å². The number of benzene rings is 2. The third-order valence-corrected chi connectivity index (χ3v) is 5.13. The molecule has 1 heterocycles. The van der Waals surface area contributed by atoms with Gasteiger partial charge in [0.1, 0.15) is 5.01 Å². The molecule has 1 N–H and O–H groups in total. The van der Waals surface area contributed by atoms with Crippen molar-refractivity contribution in [3.63, 3.8) is 0 Å². The minimum atomic E-state index is 0.176. The molecule has 2 aromatic carbocycles. The first-order chi connectivity index (χ1) is 12.7. The number of nitrogens with one attached hydrogen (secondary N) is 1. The lowest BCUT2D eigenvalue weighted by molar-refractivity contribution is 0.310. The van der Waals surface area contributed by atoms with Crippen molar-refractivity contribution in [3.8, 4) is 22.8 Å². The second kappa shape index (κ2) is 8.83. The summed E-state index contributed by atoms with van der Waals surface area (Å²) in [6.45, 7) is 5.47. The smallest absolute Gasteiger partial charge is 0.161 e. The Balaban J connectivity index is 1.65. The van der Waals surface area contributed by atoms with Crippen LogP contribution in [0.2, 0.25) is 0 Å². The Kier molecular flexibility index (Phi) is 6.26. The molecule has 4 nitrogen and oxygen atoms in total. The van der Waals surface area contributed by atoms with E-state index in [0.717, 1.165) is 39.9 Å². The van der Waals surface area contributed by atoms with Gasteiger partial charge in [-0.25, -0.2) is 4.98 Å². The number of hydrogen-bond acceptors (Lipinski definition) is 5. The third kappa shape index (κ3) is 4.42. The van der Waals surface area contributed by atoms with Crippen molar-refractivity contribution >= 4 is 11.3 Å². The molecule has 1 aromatic heterocycles. The summed E-state index contributed by atoms with van der Waals surface area (Å²) in [4.78, 5) is 4.78. The minimum Gasteiger partial charge on any atom is -0.493 e. The van der Waals surface area contributed by atoms with Gasteiger partial charge in [-0.15, -0.1) is 11.3 Å². The molecule has 1 atom stereocenters. The molecule has 0 bridgehead atoms. The summed E-state index contributed by atoms with van der Waals surface area (Å²) in [5, 5.41) is 6.74. The van der Waals surface area contributed by atoms with E-state index in [1.165, 1.54) is 0 Å². The summed E-state index contributed by atoms with van der Waals surface area (Å²) in [6, 6.07) is 16.5. The first-order valence-electron chi connectivity index (χ1n) is 8.75. The molecular formula is C21H24N2O2S. The van der Waals surface area contributed by atoms with Crippen molar-refractivity contribution in [2.24, 2.45) is 0 Å². The maximum atomic E-state index is 5.65. The average molecular weight is 369 g/mol. The Morgan fingerprint density at radius 3 is 2.65 bits per heavy atom. The Bertz CT molecular complexity index is 833. The number of hydrogen-bond donors (Lipinski definition) is 1. The van der Waals surface area contributed by atoms with Gasteiger partial charge in [0.05, 0.1) is 25.5 Å². The molecule has 0 spiro atoms. The van der Waals surface area contributed by atoms with Crippen molar-refractivity contribution < 1.29 is 9.47 Å². The van der Waals surface area contributed by atoms with E-state index in [-0.39, 0.29) is 6.04 Å². The van der Waals surface area contributed by atoms with E-state index in [1.54, 1.807) is 18.4 Å². The predicted octanol–water partition coefficient (Wildman–Crippen LogP) is 5.07. The maximum absolute atomic E-state index is 5.65. The van der Waals surface area contributed by atoms with Crippen molar-refractivity contribution in [1.29, 1.82) is 0 Å². The van der Waals surface area contributed by atoms with Crippen LogP contribution in [0.25, 0.3) is 11.3 Å². The first-order valence-corrected chi connectivity index (χ1v) is 9.63. The fourth-order valence-electron chi connectivity index (χ4n) is 2.69. The zero-order valence-electron chi connectivity index (χ0n) is 15.4. The molecule has 0 saturated carbocycles. The van der Waals surface area contributed by atoms with Gasteiger partial charge in [0.2, 0.25) is 0 Å². The fraction of sp³-hybridized carbons (Fsp3) is 0.286. The van der Waals surface area contributed by atoms with Crippen molar-refractivity contribution in [2.45, 2.75) is 26.4 Å².